The Kier molecular flexibility index (Phi) is 2.82. The third-order valence-electron chi connectivity index (χ3n) is 3.18. The lowest BCUT2D eigenvalue weighted by Gasteiger charge is -2.17. The summed E-state index contributed by atoms with van der Waals surface area (Å²) in [6.45, 7) is -0.460. The lowest BCUT2D eigenvalue weighted by Crippen LogP contribution is -2.35. The number of hydrogen-bond donors (Lipinski definition) is 4. The summed E-state index contributed by atoms with van der Waals surface area (Å²) in [5, 5.41) is 38.7. The predicted molar refractivity (Wildman–Crippen MR) is 61.2 cm³/mol. The Morgan fingerprint density at radius 2 is 2.11 bits per heavy atom. The van der Waals surface area contributed by atoms with Gasteiger partial charge in [0, 0.05) is 6.07 Å². The molecule has 0 unspecified atom stereocenters. The molecule has 3 rings (SSSR count). The van der Waals surface area contributed by atoms with Gasteiger partial charge in [0.2, 0.25) is 0 Å². The van der Waals surface area contributed by atoms with E-state index in [1.807, 2.05) is 0 Å². The van der Waals surface area contributed by atoms with Crippen molar-refractivity contribution in [1.29, 1.82) is 0 Å². The average molecular weight is 268 g/mol. The zero-order valence-electron chi connectivity index (χ0n) is 9.67. The van der Waals surface area contributed by atoms with E-state index >= 15 is 0 Å². The van der Waals surface area contributed by atoms with Gasteiger partial charge in [0.15, 0.2) is 11.9 Å². The quantitative estimate of drug-likeness (QED) is 0.482. The molecule has 102 valence electrons. The molecule has 0 radical (unpaired) electrons. The number of nitrogens with one attached hydrogen (secondary N) is 1. The fourth-order valence-electron chi connectivity index (χ4n) is 2.20. The first-order chi connectivity index (χ1) is 9.13. The van der Waals surface area contributed by atoms with Crippen LogP contribution in [0.25, 0.3) is 11.2 Å². The number of hydrogen-bond acceptors (Lipinski definition) is 7. The fourth-order valence-corrected chi connectivity index (χ4v) is 2.20. The maximum absolute atomic E-state index is 11.9. The largest absolute Gasteiger partial charge is 0.394 e. The fraction of sp³-hybridized carbons (Fsp3) is 0.500. The minimum atomic E-state index is -1.34. The molecule has 4 atom stereocenters. The van der Waals surface area contributed by atoms with E-state index in [4.69, 9.17) is 9.84 Å². The molecule has 0 bridgehead atoms. The Morgan fingerprint density at radius 3 is 2.79 bits per heavy atom. The standard InChI is InChI=1S/C10H12N4O5/c15-3-5-7(17)8(18)10(19-5)14-6(16)2-1-4-9(14)12-13-11-4/h1-2,5,7-8,10,15,17-18H,3H2,(H,11,12,13)/t5-,7+,8+,10-/m0/s1. The van der Waals surface area contributed by atoms with E-state index in [9.17, 15) is 15.0 Å². The van der Waals surface area contributed by atoms with Crippen molar-refractivity contribution in [3.8, 4) is 0 Å². The summed E-state index contributed by atoms with van der Waals surface area (Å²) in [6.07, 6.45) is -4.68. The Labute approximate surface area is 106 Å². The second-order valence-corrected chi connectivity index (χ2v) is 4.30. The normalized spacial score (nSPS) is 31.1. The molecule has 1 aliphatic rings. The van der Waals surface area contributed by atoms with Gasteiger partial charge < -0.3 is 20.1 Å². The molecule has 0 aliphatic carbocycles. The molecule has 19 heavy (non-hydrogen) atoms. The Hall–Kier alpha value is -1.81. The Morgan fingerprint density at radius 1 is 1.32 bits per heavy atom. The van der Waals surface area contributed by atoms with Gasteiger partial charge in [-0.05, 0) is 6.07 Å². The summed E-state index contributed by atoms with van der Waals surface area (Å²) in [7, 11) is 0. The maximum atomic E-state index is 11.9. The number of aromatic nitrogens is 4. The zero-order chi connectivity index (χ0) is 13.6. The zero-order valence-corrected chi connectivity index (χ0v) is 9.67. The summed E-state index contributed by atoms with van der Waals surface area (Å²) < 4.78 is 6.41. The number of aliphatic hydroxyl groups excluding tert-OH is 3. The molecule has 1 saturated heterocycles. The smallest absolute Gasteiger partial charge is 0.254 e. The van der Waals surface area contributed by atoms with E-state index in [2.05, 4.69) is 15.4 Å². The van der Waals surface area contributed by atoms with Gasteiger partial charge >= 0.3 is 0 Å². The van der Waals surface area contributed by atoms with E-state index in [1.165, 1.54) is 12.1 Å². The van der Waals surface area contributed by atoms with Crippen LogP contribution in [0.4, 0.5) is 0 Å². The van der Waals surface area contributed by atoms with Gasteiger partial charge in [-0.3, -0.25) is 9.36 Å². The highest BCUT2D eigenvalue weighted by molar-refractivity contribution is 5.69. The summed E-state index contributed by atoms with van der Waals surface area (Å²) in [6, 6.07) is 2.75. The molecular formula is C10H12N4O5. The van der Waals surface area contributed by atoms with Crippen LogP contribution in [0.1, 0.15) is 6.23 Å². The summed E-state index contributed by atoms with van der Waals surface area (Å²) in [4.78, 5) is 11.9. The molecule has 9 heteroatoms. The number of nitrogens with zero attached hydrogens (tertiary/aromatic N) is 3. The topological polar surface area (TPSA) is 133 Å². The van der Waals surface area contributed by atoms with Gasteiger partial charge in [0.1, 0.15) is 23.8 Å². The van der Waals surface area contributed by atoms with Crippen LogP contribution in [0.5, 0.6) is 0 Å². The Balaban J connectivity index is 2.12. The van der Waals surface area contributed by atoms with Crippen LogP contribution in [0.15, 0.2) is 16.9 Å². The van der Waals surface area contributed by atoms with Crippen molar-refractivity contribution >= 4 is 11.2 Å². The molecule has 9 nitrogen and oxygen atoms in total. The van der Waals surface area contributed by atoms with Crippen molar-refractivity contribution < 1.29 is 20.1 Å². The highest BCUT2D eigenvalue weighted by Gasteiger charge is 2.44. The van der Waals surface area contributed by atoms with Gasteiger partial charge in [-0.25, -0.2) is 0 Å². The average Bonchev–Trinajstić information content (AvgIpc) is 2.97. The highest BCUT2D eigenvalue weighted by Crippen LogP contribution is 2.29. The molecule has 1 aliphatic heterocycles. The lowest BCUT2D eigenvalue weighted by molar-refractivity contribution is -0.0524. The molecule has 4 N–H and O–H groups in total. The third kappa shape index (κ3) is 1.75. The molecule has 0 saturated carbocycles. The minimum absolute atomic E-state index is 0.210. The molecule has 1 fully saturated rings. The van der Waals surface area contributed by atoms with Gasteiger partial charge in [-0.1, -0.05) is 0 Å². The van der Waals surface area contributed by atoms with Crippen molar-refractivity contribution in [1.82, 2.24) is 20.0 Å². The highest BCUT2D eigenvalue weighted by atomic mass is 16.6. The molecule has 0 amide bonds. The Bertz CT molecular complexity index is 653. The van der Waals surface area contributed by atoms with Crippen LogP contribution in [0.2, 0.25) is 0 Å². The number of ether oxygens (including phenoxy) is 1. The molecule has 2 aromatic rings. The van der Waals surface area contributed by atoms with Crippen LogP contribution < -0.4 is 5.56 Å². The molecule has 0 aromatic carbocycles. The van der Waals surface area contributed by atoms with Gasteiger partial charge in [0.05, 0.1) is 6.61 Å². The number of pyridine rings is 1. The minimum Gasteiger partial charge on any atom is -0.394 e. The first-order valence-electron chi connectivity index (χ1n) is 5.68. The van der Waals surface area contributed by atoms with Gasteiger partial charge in [-0.15, -0.1) is 5.10 Å². The number of H-pyrrole nitrogens is 1. The van der Waals surface area contributed by atoms with Gasteiger partial charge in [0.25, 0.3) is 5.56 Å². The molecule has 0 spiro atoms. The van der Waals surface area contributed by atoms with Crippen LogP contribution in [0, 0.1) is 0 Å². The first-order valence-corrected chi connectivity index (χ1v) is 5.68. The van der Waals surface area contributed by atoms with Crippen LogP contribution in [-0.2, 0) is 4.74 Å². The molecule has 2 aromatic heterocycles. The van der Waals surface area contributed by atoms with E-state index in [0.29, 0.717) is 5.52 Å². The number of aliphatic hydroxyl groups is 3. The second kappa shape index (κ2) is 4.38. The molecular weight excluding hydrogens is 256 g/mol. The SMILES string of the molecule is O=c1ccc2n[nH]nc2n1[C@H]1O[C@@H](CO)[C@@H](O)[C@H]1O. The van der Waals surface area contributed by atoms with E-state index < -0.39 is 36.7 Å². The first kappa shape index (κ1) is 12.2. The van der Waals surface area contributed by atoms with Crippen LogP contribution in [0.3, 0.4) is 0 Å². The summed E-state index contributed by atoms with van der Waals surface area (Å²) >= 11 is 0. The summed E-state index contributed by atoms with van der Waals surface area (Å²) in [5.41, 5.74) is 0.191. The molecule has 3 heterocycles. The van der Waals surface area contributed by atoms with Gasteiger partial charge in [-0.2, -0.15) is 10.3 Å². The monoisotopic (exact) mass is 268 g/mol. The van der Waals surface area contributed by atoms with Crippen molar-refractivity contribution in [3.63, 3.8) is 0 Å². The van der Waals surface area contributed by atoms with Crippen molar-refractivity contribution in [2.75, 3.05) is 6.61 Å². The van der Waals surface area contributed by atoms with E-state index in [1.54, 1.807) is 0 Å². The lowest BCUT2D eigenvalue weighted by atomic mass is 10.1. The van der Waals surface area contributed by atoms with Crippen LogP contribution >= 0.6 is 0 Å². The maximum Gasteiger partial charge on any atom is 0.254 e. The van der Waals surface area contributed by atoms with Crippen molar-refractivity contribution in [2.24, 2.45) is 0 Å². The third-order valence-corrected chi connectivity index (χ3v) is 3.18. The van der Waals surface area contributed by atoms with Crippen molar-refractivity contribution in [3.05, 3.63) is 22.5 Å². The second-order valence-electron chi connectivity index (χ2n) is 4.30. The summed E-state index contributed by atoms with van der Waals surface area (Å²) in [5.74, 6) is 0. The van der Waals surface area contributed by atoms with Crippen LogP contribution in [-0.4, -0.2) is 60.2 Å². The van der Waals surface area contributed by atoms with E-state index in [0.717, 1.165) is 4.57 Å². The predicted octanol–water partition coefficient (Wildman–Crippen LogP) is -2.27. The van der Waals surface area contributed by atoms with E-state index in [-0.39, 0.29) is 5.65 Å². The number of aromatic amines is 1. The number of fused-ring (bicyclic) bond motifs is 1. The number of rotatable bonds is 2. The van der Waals surface area contributed by atoms with Crippen molar-refractivity contribution in [2.45, 2.75) is 24.5 Å².